The SMILES string of the molecule is c1ccc(-c2ccc(N(c3ccccc3)c3cccc4c3sc3ccc(C5(c6ccccc6)c6ccccc6-c6ccccc65)cc34)cc2)cc1. The fourth-order valence-corrected chi connectivity index (χ4v) is 9.53. The van der Waals surface area contributed by atoms with E-state index in [1.165, 1.54) is 70.4 Å². The number of benzene rings is 8. The van der Waals surface area contributed by atoms with Crippen molar-refractivity contribution in [3.05, 3.63) is 222 Å². The first-order valence-electron chi connectivity index (χ1n) is 17.5. The minimum Gasteiger partial charge on any atom is -0.309 e. The third-order valence-electron chi connectivity index (χ3n) is 10.6. The van der Waals surface area contributed by atoms with Crippen molar-refractivity contribution in [3.8, 4) is 22.3 Å². The summed E-state index contributed by atoms with van der Waals surface area (Å²) in [6.45, 7) is 0. The van der Waals surface area contributed by atoms with Crippen LogP contribution in [0.15, 0.2) is 200 Å². The standard InChI is InChI=1S/C49H33NS/c1-4-15-34(16-5-1)35-27-30-39(31-28-35)50(38-19-8-3-9-20-38)46-26-14-23-42-43-33-37(29-32-47(43)51-48(42)46)49(36-17-6-2-7-18-36)44-24-12-10-21-40(44)41-22-11-13-25-45(41)49/h1-33H. The molecule has 1 aliphatic rings. The summed E-state index contributed by atoms with van der Waals surface area (Å²) in [7, 11) is 0. The van der Waals surface area contributed by atoms with Crippen molar-refractivity contribution in [2.45, 2.75) is 5.41 Å². The van der Waals surface area contributed by atoms with Crippen LogP contribution in [-0.4, -0.2) is 0 Å². The van der Waals surface area contributed by atoms with Crippen LogP contribution in [0.1, 0.15) is 22.3 Å². The van der Waals surface area contributed by atoms with E-state index in [-0.39, 0.29) is 0 Å². The highest BCUT2D eigenvalue weighted by molar-refractivity contribution is 7.26. The quantitative estimate of drug-likeness (QED) is 0.171. The molecule has 0 radical (unpaired) electrons. The average molecular weight is 668 g/mol. The lowest BCUT2D eigenvalue weighted by Gasteiger charge is -2.34. The van der Waals surface area contributed by atoms with Gasteiger partial charge >= 0.3 is 0 Å². The van der Waals surface area contributed by atoms with Gasteiger partial charge in [0.05, 0.1) is 15.8 Å². The Hall–Kier alpha value is -6.22. The summed E-state index contributed by atoms with van der Waals surface area (Å²) >= 11 is 1.88. The summed E-state index contributed by atoms with van der Waals surface area (Å²) in [6.07, 6.45) is 0. The van der Waals surface area contributed by atoms with Gasteiger partial charge in [-0.2, -0.15) is 0 Å². The van der Waals surface area contributed by atoms with Gasteiger partial charge in [-0.05, 0) is 87.0 Å². The van der Waals surface area contributed by atoms with E-state index >= 15 is 0 Å². The molecule has 0 bridgehead atoms. The molecule has 0 atom stereocenters. The number of anilines is 3. The van der Waals surface area contributed by atoms with Crippen molar-refractivity contribution in [2.75, 3.05) is 4.90 Å². The fraction of sp³-hybridized carbons (Fsp3) is 0.0204. The number of hydrogen-bond donors (Lipinski definition) is 0. The Kier molecular flexibility index (Phi) is 6.97. The van der Waals surface area contributed by atoms with Gasteiger partial charge in [-0.25, -0.2) is 0 Å². The molecule has 2 heteroatoms. The molecule has 0 N–H and O–H groups in total. The number of fused-ring (bicyclic) bond motifs is 6. The number of rotatable bonds is 6. The smallest absolute Gasteiger partial charge is 0.0713 e. The van der Waals surface area contributed by atoms with Gasteiger partial charge in [-0.3, -0.25) is 0 Å². The first-order valence-corrected chi connectivity index (χ1v) is 18.3. The first-order chi connectivity index (χ1) is 25.3. The van der Waals surface area contributed by atoms with Crippen LogP contribution in [0.4, 0.5) is 17.1 Å². The van der Waals surface area contributed by atoms with Crippen molar-refractivity contribution in [2.24, 2.45) is 0 Å². The minimum absolute atomic E-state index is 0.426. The van der Waals surface area contributed by atoms with E-state index in [0.29, 0.717) is 0 Å². The summed E-state index contributed by atoms with van der Waals surface area (Å²) < 4.78 is 2.57. The van der Waals surface area contributed by atoms with Gasteiger partial charge in [0.1, 0.15) is 0 Å². The molecule has 0 saturated heterocycles. The third-order valence-corrected chi connectivity index (χ3v) is 11.8. The van der Waals surface area contributed by atoms with Crippen molar-refractivity contribution in [1.29, 1.82) is 0 Å². The highest BCUT2D eigenvalue weighted by Crippen LogP contribution is 2.57. The highest BCUT2D eigenvalue weighted by atomic mass is 32.1. The molecule has 1 heterocycles. The second-order valence-corrected chi connectivity index (χ2v) is 14.3. The molecule has 1 aliphatic carbocycles. The van der Waals surface area contributed by atoms with Crippen LogP contribution in [0.2, 0.25) is 0 Å². The van der Waals surface area contributed by atoms with Crippen LogP contribution in [0, 0.1) is 0 Å². The lowest BCUT2D eigenvalue weighted by Crippen LogP contribution is -2.28. The summed E-state index contributed by atoms with van der Waals surface area (Å²) in [4.78, 5) is 2.41. The summed E-state index contributed by atoms with van der Waals surface area (Å²) in [5.74, 6) is 0. The van der Waals surface area contributed by atoms with E-state index in [2.05, 4.69) is 205 Å². The third kappa shape index (κ3) is 4.61. The highest BCUT2D eigenvalue weighted by Gasteiger charge is 2.46. The first kappa shape index (κ1) is 29.7. The Morgan fingerprint density at radius 1 is 0.392 bits per heavy atom. The number of nitrogens with zero attached hydrogens (tertiary/aromatic N) is 1. The van der Waals surface area contributed by atoms with E-state index in [1.54, 1.807) is 0 Å². The molecule has 0 aliphatic heterocycles. The van der Waals surface area contributed by atoms with E-state index in [1.807, 2.05) is 11.3 Å². The Morgan fingerprint density at radius 2 is 0.961 bits per heavy atom. The number of para-hydroxylation sites is 1. The zero-order valence-electron chi connectivity index (χ0n) is 27.9. The molecular weight excluding hydrogens is 635 g/mol. The Balaban J connectivity index is 1.18. The van der Waals surface area contributed by atoms with E-state index in [9.17, 15) is 0 Å². The predicted molar refractivity (Wildman–Crippen MR) is 217 cm³/mol. The molecule has 8 aromatic carbocycles. The maximum absolute atomic E-state index is 2.48. The van der Waals surface area contributed by atoms with Crippen LogP contribution in [-0.2, 0) is 5.41 Å². The zero-order valence-corrected chi connectivity index (χ0v) is 28.7. The fourth-order valence-electron chi connectivity index (χ4n) is 8.34. The summed E-state index contributed by atoms with van der Waals surface area (Å²) in [6, 6.07) is 73.3. The summed E-state index contributed by atoms with van der Waals surface area (Å²) in [5, 5.41) is 2.57. The van der Waals surface area contributed by atoms with E-state index in [4.69, 9.17) is 0 Å². The lowest BCUT2D eigenvalue weighted by atomic mass is 9.67. The van der Waals surface area contributed by atoms with Crippen molar-refractivity contribution >= 4 is 48.6 Å². The van der Waals surface area contributed by atoms with Gasteiger partial charge in [-0.15, -0.1) is 11.3 Å². The van der Waals surface area contributed by atoms with Crippen molar-refractivity contribution < 1.29 is 0 Å². The van der Waals surface area contributed by atoms with Crippen molar-refractivity contribution in [3.63, 3.8) is 0 Å². The largest absolute Gasteiger partial charge is 0.309 e. The molecule has 1 nitrogen and oxygen atoms in total. The Bertz CT molecular complexity index is 2630. The molecule has 0 spiro atoms. The monoisotopic (exact) mass is 667 g/mol. The van der Waals surface area contributed by atoms with E-state index < -0.39 is 5.41 Å². The van der Waals surface area contributed by atoms with Crippen LogP contribution in [0.3, 0.4) is 0 Å². The Labute approximate surface area is 302 Å². The minimum atomic E-state index is -0.426. The van der Waals surface area contributed by atoms with Gasteiger partial charge in [-0.1, -0.05) is 158 Å². The molecule has 9 aromatic rings. The van der Waals surface area contributed by atoms with Gasteiger partial charge in [0.25, 0.3) is 0 Å². The maximum Gasteiger partial charge on any atom is 0.0713 e. The summed E-state index contributed by atoms with van der Waals surface area (Å²) in [5.41, 5.74) is 13.3. The second kappa shape index (κ2) is 12.0. The molecule has 240 valence electrons. The molecule has 0 saturated carbocycles. The Morgan fingerprint density at radius 3 is 1.65 bits per heavy atom. The maximum atomic E-state index is 2.48. The molecule has 51 heavy (non-hydrogen) atoms. The van der Waals surface area contributed by atoms with Gasteiger partial charge in [0, 0.05) is 26.8 Å². The van der Waals surface area contributed by atoms with Crippen LogP contribution < -0.4 is 4.90 Å². The number of thiophene rings is 1. The molecule has 0 amide bonds. The molecule has 0 unspecified atom stereocenters. The topological polar surface area (TPSA) is 3.24 Å². The predicted octanol–water partition coefficient (Wildman–Crippen LogP) is 13.6. The average Bonchev–Trinajstić information content (AvgIpc) is 3.74. The lowest BCUT2D eigenvalue weighted by molar-refractivity contribution is 0.770. The molecule has 1 aromatic heterocycles. The van der Waals surface area contributed by atoms with Gasteiger partial charge < -0.3 is 4.90 Å². The van der Waals surface area contributed by atoms with Gasteiger partial charge in [0.2, 0.25) is 0 Å². The van der Waals surface area contributed by atoms with E-state index in [0.717, 1.165) is 11.4 Å². The van der Waals surface area contributed by atoms with Gasteiger partial charge in [0.15, 0.2) is 0 Å². The molecule has 0 fully saturated rings. The van der Waals surface area contributed by atoms with Crippen LogP contribution in [0.25, 0.3) is 42.4 Å². The van der Waals surface area contributed by atoms with Crippen molar-refractivity contribution in [1.82, 2.24) is 0 Å². The number of hydrogen-bond acceptors (Lipinski definition) is 2. The molecular formula is C49H33NS. The molecule has 10 rings (SSSR count). The van der Waals surface area contributed by atoms with Crippen LogP contribution in [0.5, 0.6) is 0 Å². The van der Waals surface area contributed by atoms with Crippen LogP contribution >= 0.6 is 11.3 Å². The normalized spacial score (nSPS) is 12.9. The second-order valence-electron chi connectivity index (χ2n) is 13.3. The zero-order chi connectivity index (χ0) is 33.8.